The Labute approximate surface area is 196 Å². The van der Waals surface area contributed by atoms with Crippen LogP contribution in [0.2, 0.25) is 0 Å². The Balaban J connectivity index is 1.72. The molecule has 4 aromatic rings. The molecule has 7 heteroatoms. The normalized spacial score (nSPS) is 14.5. The molecule has 0 saturated carbocycles. The van der Waals surface area contributed by atoms with Crippen LogP contribution in [0.4, 0.5) is 14.5 Å². The Hall–Kier alpha value is -2.90. The van der Waals surface area contributed by atoms with Gasteiger partial charge in [0.05, 0.1) is 14.2 Å². The maximum absolute atomic E-state index is 13.1. The summed E-state index contributed by atoms with van der Waals surface area (Å²) in [7, 11) is 1.89. The van der Waals surface area contributed by atoms with Crippen molar-refractivity contribution < 1.29 is 18.3 Å². The van der Waals surface area contributed by atoms with Gasteiger partial charge in [-0.25, -0.2) is 0 Å². The third kappa shape index (κ3) is 3.76. The molecule has 1 unspecified atom stereocenters. The van der Waals surface area contributed by atoms with E-state index in [1.165, 1.54) is 0 Å². The number of halogens is 3. The highest BCUT2D eigenvalue weighted by atomic mass is 79.9. The third-order valence-electron chi connectivity index (χ3n) is 5.41. The monoisotopic (exact) mass is 513 g/mol. The lowest BCUT2D eigenvalue weighted by Gasteiger charge is -2.30. The Bertz CT molecular complexity index is 1290. The molecular formula is C25H18BrF2NO2S. The molecule has 32 heavy (non-hydrogen) atoms. The summed E-state index contributed by atoms with van der Waals surface area (Å²) in [6.45, 7) is -2.92. The van der Waals surface area contributed by atoms with E-state index < -0.39 is 6.61 Å². The first kappa shape index (κ1) is 21.0. The molecule has 1 atom stereocenters. The van der Waals surface area contributed by atoms with Gasteiger partial charge < -0.3 is 14.8 Å². The molecule has 1 N–H and O–H groups in total. The smallest absolute Gasteiger partial charge is 0.387 e. The van der Waals surface area contributed by atoms with Gasteiger partial charge in [-0.1, -0.05) is 36.4 Å². The van der Waals surface area contributed by atoms with E-state index in [0.717, 1.165) is 36.6 Å². The first-order valence-corrected chi connectivity index (χ1v) is 11.6. The average molecular weight is 514 g/mol. The van der Waals surface area contributed by atoms with E-state index in [0.29, 0.717) is 11.3 Å². The summed E-state index contributed by atoms with van der Waals surface area (Å²) in [6, 6.07) is 23.1. The summed E-state index contributed by atoms with van der Waals surface area (Å²) in [5.74, 6) is 0.626. The number of anilines is 1. The van der Waals surface area contributed by atoms with Crippen molar-refractivity contribution in [3.8, 4) is 33.8 Å². The van der Waals surface area contributed by atoms with Gasteiger partial charge in [0.25, 0.3) is 0 Å². The second-order valence-electron chi connectivity index (χ2n) is 7.25. The van der Waals surface area contributed by atoms with Crippen LogP contribution in [0.15, 0.2) is 76.6 Å². The van der Waals surface area contributed by atoms with E-state index in [2.05, 4.69) is 27.3 Å². The van der Waals surface area contributed by atoms with Crippen molar-refractivity contribution in [1.82, 2.24) is 0 Å². The van der Waals surface area contributed by atoms with Crippen LogP contribution in [-0.4, -0.2) is 13.7 Å². The lowest BCUT2D eigenvalue weighted by Crippen LogP contribution is -2.16. The standard InChI is InChI=1S/C25H18BrF2NO2S/c1-29-18-6-3-2-5-15(18)14-9-10-16-17(13-14)24(21-11-12-22(26)32-21)30-19-7-4-8-20(23(16)19)31-25(27)28/h2-13,24-25,29H,1H3. The molecule has 2 heterocycles. The largest absolute Gasteiger partial charge is 0.479 e. The van der Waals surface area contributed by atoms with E-state index in [-0.39, 0.29) is 11.9 Å². The number of nitrogens with one attached hydrogen (secondary N) is 1. The Morgan fingerprint density at radius 2 is 1.84 bits per heavy atom. The van der Waals surface area contributed by atoms with E-state index in [4.69, 9.17) is 9.47 Å². The molecule has 0 amide bonds. The second-order valence-corrected chi connectivity index (χ2v) is 9.74. The average Bonchev–Trinajstić information content (AvgIpc) is 3.23. The highest BCUT2D eigenvalue weighted by Gasteiger charge is 2.31. The molecule has 3 nitrogen and oxygen atoms in total. The molecule has 5 rings (SSSR count). The summed E-state index contributed by atoms with van der Waals surface area (Å²) in [6.07, 6.45) is -0.364. The summed E-state index contributed by atoms with van der Waals surface area (Å²) < 4.78 is 38.4. The number of thiophene rings is 1. The van der Waals surface area contributed by atoms with Crippen molar-refractivity contribution in [2.45, 2.75) is 12.7 Å². The first-order chi connectivity index (χ1) is 15.5. The molecule has 0 radical (unpaired) electrons. The summed E-state index contributed by atoms with van der Waals surface area (Å²) in [4.78, 5) is 1.02. The van der Waals surface area contributed by atoms with Gasteiger partial charge in [-0.15, -0.1) is 11.3 Å². The number of benzene rings is 3. The topological polar surface area (TPSA) is 30.5 Å². The molecule has 0 aliphatic carbocycles. The minimum absolute atomic E-state index is 0.105. The predicted molar refractivity (Wildman–Crippen MR) is 128 cm³/mol. The second kappa shape index (κ2) is 8.56. The van der Waals surface area contributed by atoms with Crippen LogP contribution in [0.1, 0.15) is 16.5 Å². The van der Waals surface area contributed by atoms with E-state index >= 15 is 0 Å². The molecule has 1 aliphatic heterocycles. The zero-order chi connectivity index (χ0) is 22.2. The van der Waals surface area contributed by atoms with Crippen LogP contribution in [0.5, 0.6) is 11.5 Å². The van der Waals surface area contributed by atoms with Crippen LogP contribution in [0.3, 0.4) is 0 Å². The van der Waals surface area contributed by atoms with Crippen LogP contribution >= 0.6 is 27.3 Å². The number of alkyl halides is 2. The SMILES string of the molecule is CNc1ccccc1-c1ccc2c(c1)C(c1ccc(Br)s1)Oc1cccc(OC(F)F)c1-2. The highest BCUT2D eigenvalue weighted by Crippen LogP contribution is 2.51. The molecule has 1 aromatic heterocycles. The van der Waals surface area contributed by atoms with Gasteiger partial charge in [0.2, 0.25) is 0 Å². The Morgan fingerprint density at radius 1 is 1.00 bits per heavy atom. The molecule has 162 valence electrons. The molecule has 0 bridgehead atoms. The minimum Gasteiger partial charge on any atom is -0.479 e. The number of fused-ring (bicyclic) bond motifs is 3. The molecule has 0 saturated heterocycles. The van der Waals surface area contributed by atoms with Gasteiger partial charge in [0.15, 0.2) is 6.10 Å². The van der Waals surface area contributed by atoms with Crippen molar-refractivity contribution in [2.24, 2.45) is 0 Å². The zero-order valence-electron chi connectivity index (χ0n) is 16.9. The third-order valence-corrected chi connectivity index (χ3v) is 7.08. The van der Waals surface area contributed by atoms with Gasteiger partial charge in [0.1, 0.15) is 11.5 Å². The summed E-state index contributed by atoms with van der Waals surface area (Å²) >= 11 is 5.12. The lowest BCUT2D eigenvalue weighted by molar-refractivity contribution is -0.0496. The van der Waals surface area contributed by atoms with Crippen molar-refractivity contribution in [3.05, 3.63) is 87.0 Å². The maximum Gasteiger partial charge on any atom is 0.387 e. The van der Waals surface area contributed by atoms with Gasteiger partial charge in [-0.2, -0.15) is 8.78 Å². The molecule has 1 aliphatic rings. The first-order valence-electron chi connectivity index (χ1n) is 9.96. The number of ether oxygens (including phenoxy) is 2. The fraction of sp³-hybridized carbons (Fsp3) is 0.120. The maximum atomic E-state index is 13.1. The van der Waals surface area contributed by atoms with Crippen LogP contribution in [-0.2, 0) is 0 Å². The summed E-state index contributed by atoms with van der Waals surface area (Å²) in [5.41, 5.74) is 5.33. The molecule has 0 fully saturated rings. The van der Waals surface area contributed by atoms with Crippen molar-refractivity contribution >= 4 is 33.0 Å². The van der Waals surface area contributed by atoms with E-state index in [9.17, 15) is 8.78 Å². The van der Waals surface area contributed by atoms with Crippen LogP contribution < -0.4 is 14.8 Å². The fourth-order valence-corrected chi connectivity index (χ4v) is 5.54. The van der Waals surface area contributed by atoms with Crippen molar-refractivity contribution in [2.75, 3.05) is 12.4 Å². The Kier molecular flexibility index (Phi) is 5.61. The van der Waals surface area contributed by atoms with Crippen LogP contribution in [0, 0.1) is 0 Å². The quantitative estimate of drug-likeness (QED) is 0.293. The van der Waals surface area contributed by atoms with Crippen LogP contribution in [0.25, 0.3) is 22.3 Å². The van der Waals surface area contributed by atoms with Gasteiger partial charge in [0, 0.05) is 23.9 Å². The van der Waals surface area contributed by atoms with E-state index in [1.807, 2.05) is 55.6 Å². The number of rotatable bonds is 5. The Morgan fingerprint density at radius 3 is 2.59 bits per heavy atom. The predicted octanol–water partition coefficient (Wildman–Crippen LogP) is 7.97. The van der Waals surface area contributed by atoms with Gasteiger partial charge >= 0.3 is 6.61 Å². The highest BCUT2D eigenvalue weighted by molar-refractivity contribution is 9.11. The lowest BCUT2D eigenvalue weighted by atomic mass is 9.88. The molecule has 3 aromatic carbocycles. The fourth-order valence-electron chi connectivity index (χ4n) is 4.07. The molecule has 0 spiro atoms. The number of hydrogen-bond donors (Lipinski definition) is 1. The zero-order valence-corrected chi connectivity index (χ0v) is 19.3. The number of hydrogen-bond acceptors (Lipinski definition) is 4. The van der Waals surface area contributed by atoms with E-state index in [1.54, 1.807) is 29.5 Å². The van der Waals surface area contributed by atoms with Gasteiger partial charge in [-0.05, 0) is 63.5 Å². The van der Waals surface area contributed by atoms with Crippen molar-refractivity contribution in [3.63, 3.8) is 0 Å². The summed E-state index contributed by atoms with van der Waals surface area (Å²) in [5, 5.41) is 3.23. The van der Waals surface area contributed by atoms with Gasteiger partial charge in [-0.3, -0.25) is 0 Å². The minimum atomic E-state index is -2.92. The van der Waals surface area contributed by atoms with Crippen molar-refractivity contribution in [1.29, 1.82) is 0 Å². The molecular weight excluding hydrogens is 496 g/mol. The number of para-hydroxylation sites is 1.